The molecule has 3 aromatic heterocycles. The summed E-state index contributed by atoms with van der Waals surface area (Å²) in [5, 5.41) is 0.936. The summed E-state index contributed by atoms with van der Waals surface area (Å²) in [6.45, 7) is 2.46. The Hall–Kier alpha value is -2.51. The number of rotatable bonds is 7. The molecule has 0 aliphatic heterocycles. The maximum atomic E-state index is 12.8. The van der Waals surface area contributed by atoms with Crippen molar-refractivity contribution in [3.63, 3.8) is 0 Å². The van der Waals surface area contributed by atoms with Gasteiger partial charge in [-0.1, -0.05) is 0 Å². The van der Waals surface area contributed by atoms with Gasteiger partial charge in [0, 0.05) is 32.6 Å². The molecule has 0 N–H and O–H groups in total. The molecule has 0 spiro atoms. The van der Waals surface area contributed by atoms with Crippen molar-refractivity contribution in [3.05, 3.63) is 51.3 Å². The third kappa shape index (κ3) is 3.68. The summed E-state index contributed by atoms with van der Waals surface area (Å²) in [5.41, 5.74) is 0.944. The third-order valence-corrected chi connectivity index (χ3v) is 4.43. The molecule has 138 valence electrons. The van der Waals surface area contributed by atoms with Gasteiger partial charge in [-0.15, -0.1) is 0 Å². The lowest BCUT2D eigenvalue weighted by molar-refractivity contribution is 0.186. The van der Waals surface area contributed by atoms with Crippen molar-refractivity contribution in [3.8, 4) is 0 Å². The molecule has 0 atom stereocenters. The van der Waals surface area contributed by atoms with Crippen LogP contribution in [0.1, 0.15) is 6.42 Å². The number of aryl methyl sites for hydroxylation is 1. The van der Waals surface area contributed by atoms with Gasteiger partial charge in [0.2, 0.25) is 0 Å². The highest BCUT2D eigenvalue weighted by molar-refractivity contribution is 5.91. The molecule has 0 bridgehead atoms. The molecule has 3 aromatic rings. The van der Waals surface area contributed by atoms with Gasteiger partial charge in [-0.05, 0) is 45.3 Å². The minimum atomic E-state index is -0.156. The van der Waals surface area contributed by atoms with E-state index in [2.05, 4.69) is 9.88 Å². The molecular weight excluding hydrogens is 332 g/mol. The number of hydrogen-bond acceptors (Lipinski definition) is 5. The summed E-state index contributed by atoms with van der Waals surface area (Å²) >= 11 is 0. The summed E-state index contributed by atoms with van der Waals surface area (Å²) in [7, 11) is 5.61. The van der Waals surface area contributed by atoms with Crippen LogP contribution in [0.25, 0.3) is 21.8 Å². The van der Waals surface area contributed by atoms with Gasteiger partial charge in [0.05, 0.1) is 28.4 Å². The van der Waals surface area contributed by atoms with Gasteiger partial charge in [-0.25, -0.2) is 4.98 Å². The maximum absolute atomic E-state index is 12.8. The van der Waals surface area contributed by atoms with E-state index in [9.17, 15) is 9.59 Å². The van der Waals surface area contributed by atoms with Crippen LogP contribution in [0, 0.1) is 0 Å². The Labute approximate surface area is 151 Å². The average molecular weight is 356 g/mol. The topological polar surface area (TPSA) is 69.4 Å². The van der Waals surface area contributed by atoms with Crippen molar-refractivity contribution in [2.45, 2.75) is 19.5 Å². The van der Waals surface area contributed by atoms with Crippen LogP contribution in [0.2, 0.25) is 0 Å². The van der Waals surface area contributed by atoms with Crippen LogP contribution in [0.3, 0.4) is 0 Å². The first-order valence-corrected chi connectivity index (χ1v) is 8.68. The fraction of sp³-hybridized carbons (Fsp3) is 0.421. The first kappa shape index (κ1) is 18.3. The van der Waals surface area contributed by atoms with Gasteiger partial charge in [0.1, 0.15) is 0 Å². The average Bonchev–Trinajstić information content (AvgIpc) is 2.62. The van der Waals surface area contributed by atoms with Crippen LogP contribution in [-0.2, 0) is 17.8 Å². The molecular formula is C19H24N4O3. The molecule has 0 fully saturated rings. The highest BCUT2D eigenvalue weighted by Gasteiger charge is 2.10. The molecule has 0 saturated carbocycles. The predicted octanol–water partition coefficient (Wildman–Crippen LogP) is 1.31. The van der Waals surface area contributed by atoms with Gasteiger partial charge in [0.25, 0.3) is 11.1 Å². The van der Waals surface area contributed by atoms with Crippen LogP contribution < -0.4 is 11.1 Å². The van der Waals surface area contributed by atoms with Crippen LogP contribution >= 0.6 is 0 Å². The number of nitrogens with zero attached hydrogens (tertiary/aromatic N) is 4. The van der Waals surface area contributed by atoms with E-state index in [4.69, 9.17) is 4.74 Å². The first-order valence-electron chi connectivity index (χ1n) is 8.68. The lowest BCUT2D eigenvalue weighted by Gasteiger charge is -2.11. The summed E-state index contributed by atoms with van der Waals surface area (Å²) < 4.78 is 8.31. The van der Waals surface area contributed by atoms with E-state index in [0.29, 0.717) is 41.5 Å². The van der Waals surface area contributed by atoms with Gasteiger partial charge in [-0.2, -0.15) is 0 Å². The Morgan fingerprint density at radius 1 is 1.00 bits per heavy atom. The van der Waals surface area contributed by atoms with Crippen LogP contribution in [0.4, 0.5) is 0 Å². The normalized spacial score (nSPS) is 11.7. The monoisotopic (exact) mass is 356 g/mol. The number of hydrogen-bond donors (Lipinski definition) is 0. The van der Waals surface area contributed by atoms with Gasteiger partial charge >= 0.3 is 0 Å². The zero-order chi connectivity index (χ0) is 18.7. The van der Waals surface area contributed by atoms with E-state index >= 15 is 0 Å². The summed E-state index contributed by atoms with van der Waals surface area (Å²) in [4.78, 5) is 32.1. The highest BCUT2D eigenvalue weighted by Crippen LogP contribution is 2.14. The fourth-order valence-corrected chi connectivity index (χ4v) is 3.00. The van der Waals surface area contributed by atoms with E-state index < -0.39 is 0 Å². The number of pyridine rings is 3. The van der Waals surface area contributed by atoms with Crippen molar-refractivity contribution in [2.24, 2.45) is 0 Å². The molecule has 0 unspecified atom stereocenters. The van der Waals surface area contributed by atoms with E-state index in [1.165, 1.54) is 0 Å². The zero-order valence-electron chi connectivity index (χ0n) is 15.4. The number of fused-ring (bicyclic) bond motifs is 2. The van der Waals surface area contributed by atoms with Crippen LogP contribution in [0.5, 0.6) is 0 Å². The van der Waals surface area contributed by atoms with Crippen molar-refractivity contribution in [1.82, 2.24) is 19.0 Å². The van der Waals surface area contributed by atoms with E-state index in [0.717, 1.165) is 13.0 Å². The molecule has 7 nitrogen and oxygen atoms in total. The summed E-state index contributed by atoms with van der Waals surface area (Å²) in [6, 6.07) is 5.31. The van der Waals surface area contributed by atoms with E-state index in [1.807, 2.05) is 20.2 Å². The smallest absolute Gasteiger partial charge is 0.260 e. The fourth-order valence-electron chi connectivity index (χ4n) is 3.00. The standard InChI is InChI=1S/C19H24N4O3/c1-21(2)7-4-8-22-9-5-16-14(18(22)24)13-15-17(20-16)6-10-23(19(15)25)11-12-26-3/h5-6,9-10,13H,4,7-8,11-12H2,1-3H3. The molecule has 0 radical (unpaired) electrons. The molecule has 3 rings (SSSR count). The molecule has 7 heteroatoms. The largest absolute Gasteiger partial charge is 0.383 e. The van der Waals surface area contributed by atoms with Crippen molar-refractivity contribution < 1.29 is 4.74 Å². The van der Waals surface area contributed by atoms with Gasteiger partial charge in [0.15, 0.2) is 0 Å². The number of methoxy groups -OCH3 is 1. The Morgan fingerprint density at radius 3 is 2.12 bits per heavy atom. The van der Waals surface area contributed by atoms with Crippen molar-refractivity contribution in [1.29, 1.82) is 0 Å². The molecule has 0 saturated heterocycles. The quantitative estimate of drug-likeness (QED) is 0.597. The Kier molecular flexibility index (Phi) is 5.49. The predicted molar refractivity (Wildman–Crippen MR) is 103 cm³/mol. The molecule has 3 heterocycles. The third-order valence-electron chi connectivity index (χ3n) is 4.43. The van der Waals surface area contributed by atoms with Gasteiger partial charge in [-0.3, -0.25) is 9.59 Å². The highest BCUT2D eigenvalue weighted by atomic mass is 16.5. The number of aromatic nitrogens is 3. The van der Waals surface area contributed by atoms with Crippen LogP contribution in [-0.4, -0.2) is 53.4 Å². The molecule has 0 amide bonds. The van der Waals surface area contributed by atoms with Crippen molar-refractivity contribution in [2.75, 3.05) is 34.4 Å². The second kappa shape index (κ2) is 7.80. The zero-order valence-corrected chi connectivity index (χ0v) is 15.4. The lowest BCUT2D eigenvalue weighted by Crippen LogP contribution is -2.24. The molecule has 26 heavy (non-hydrogen) atoms. The summed E-state index contributed by atoms with van der Waals surface area (Å²) in [5.74, 6) is 0. The first-order chi connectivity index (χ1) is 12.5. The minimum absolute atomic E-state index is 0.109. The minimum Gasteiger partial charge on any atom is -0.383 e. The Bertz CT molecular complexity index is 1040. The number of ether oxygens (including phenoxy) is 1. The molecule has 0 aliphatic rings. The Balaban J connectivity index is 2.06. The second-order valence-electron chi connectivity index (χ2n) is 6.63. The van der Waals surface area contributed by atoms with E-state index in [-0.39, 0.29) is 11.1 Å². The molecule has 0 aliphatic carbocycles. The second-order valence-corrected chi connectivity index (χ2v) is 6.63. The van der Waals surface area contributed by atoms with E-state index in [1.54, 1.807) is 40.8 Å². The summed E-state index contributed by atoms with van der Waals surface area (Å²) in [6.07, 6.45) is 4.37. The molecule has 0 aromatic carbocycles. The van der Waals surface area contributed by atoms with Gasteiger partial charge < -0.3 is 18.8 Å². The Morgan fingerprint density at radius 2 is 1.58 bits per heavy atom. The van der Waals surface area contributed by atoms with Crippen LogP contribution in [0.15, 0.2) is 40.2 Å². The lowest BCUT2D eigenvalue weighted by atomic mass is 10.2. The maximum Gasteiger partial charge on any atom is 0.260 e. The SMILES string of the molecule is COCCn1ccc2nc3ccn(CCCN(C)C)c(=O)c3cc2c1=O. The van der Waals surface area contributed by atoms with Crippen molar-refractivity contribution >= 4 is 21.8 Å².